The third kappa shape index (κ3) is 2.62. The molecule has 2 aliphatic heterocycles. The molecule has 0 bridgehead atoms. The van der Waals surface area contributed by atoms with Crippen molar-refractivity contribution in [2.75, 3.05) is 24.7 Å². The molecule has 2 saturated heterocycles. The largest absolute Gasteiger partial charge is 0.419 e. The smallest absolute Gasteiger partial charge is 0.408 e. The Bertz CT molecular complexity index is 1110. The molecule has 0 N–H and O–H groups in total. The zero-order chi connectivity index (χ0) is 18.0. The number of hydrogen-bond donors (Lipinski definition) is 0. The van der Waals surface area contributed by atoms with Crippen molar-refractivity contribution in [1.29, 1.82) is 0 Å². The van der Waals surface area contributed by atoms with Gasteiger partial charge < -0.3 is 9.15 Å². The summed E-state index contributed by atoms with van der Waals surface area (Å²) in [5.74, 6) is -1.01. The Morgan fingerprint density at radius 1 is 1.24 bits per heavy atom. The molecule has 2 atom stereocenters. The second kappa shape index (κ2) is 5.40. The number of hydrogen-bond acceptors (Lipinski definition) is 7. The number of nitrogens with zero attached hydrogens (tertiary/aromatic N) is 2. The zero-order valence-corrected chi connectivity index (χ0v) is 14.9. The number of sulfonamides is 1. The highest BCUT2D eigenvalue weighted by atomic mass is 32.2. The minimum Gasteiger partial charge on any atom is -0.408 e. The van der Waals surface area contributed by atoms with Crippen LogP contribution in [0.2, 0.25) is 0 Å². The molecule has 2 unspecified atom stereocenters. The highest BCUT2D eigenvalue weighted by Crippen LogP contribution is 2.30. The lowest BCUT2D eigenvalue weighted by Crippen LogP contribution is -2.53. The number of rotatable bonds is 2. The molecule has 0 radical (unpaired) electrons. The van der Waals surface area contributed by atoms with Gasteiger partial charge in [-0.05, 0) is 12.1 Å². The molecule has 2 fully saturated rings. The first-order chi connectivity index (χ1) is 11.7. The first kappa shape index (κ1) is 16.8. The van der Waals surface area contributed by atoms with Gasteiger partial charge in [-0.1, -0.05) is 0 Å². The Balaban J connectivity index is 1.77. The first-order valence-corrected chi connectivity index (χ1v) is 10.9. The summed E-state index contributed by atoms with van der Waals surface area (Å²) < 4.78 is 62.7. The van der Waals surface area contributed by atoms with Crippen molar-refractivity contribution in [2.45, 2.75) is 17.0 Å². The summed E-state index contributed by atoms with van der Waals surface area (Å²) in [6.45, 7) is 0.217. The first-order valence-electron chi connectivity index (χ1n) is 7.62. The molecule has 136 valence electrons. The molecular formula is C14H16N2O7S2. The summed E-state index contributed by atoms with van der Waals surface area (Å²) in [5, 5.41) is 0. The van der Waals surface area contributed by atoms with Gasteiger partial charge in [-0.2, -0.15) is 4.31 Å². The van der Waals surface area contributed by atoms with E-state index in [0.717, 1.165) is 0 Å². The van der Waals surface area contributed by atoms with Crippen molar-refractivity contribution in [3.63, 3.8) is 0 Å². The van der Waals surface area contributed by atoms with Crippen molar-refractivity contribution in [1.82, 2.24) is 8.87 Å². The molecule has 1 aromatic heterocycles. The summed E-state index contributed by atoms with van der Waals surface area (Å²) in [5.41, 5.74) is 0.643. The molecule has 4 rings (SSSR count). The molecule has 2 aromatic rings. The number of aryl methyl sites for hydroxylation is 1. The van der Waals surface area contributed by atoms with Crippen LogP contribution >= 0.6 is 0 Å². The highest BCUT2D eigenvalue weighted by molar-refractivity contribution is 7.92. The fourth-order valence-electron chi connectivity index (χ4n) is 3.39. The van der Waals surface area contributed by atoms with E-state index < -0.39 is 37.8 Å². The summed E-state index contributed by atoms with van der Waals surface area (Å²) in [6, 6.07) is 3.44. The average Bonchev–Trinajstić information content (AvgIpc) is 3.01. The number of sulfone groups is 1. The van der Waals surface area contributed by atoms with Crippen LogP contribution in [0.4, 0.5) is 0 Å². The Kier molecular flexibility index (Phi) is 3.62. The molecular weight excluding hydrogens is 372 g/mol. The summed E-state index contributed by atoms with van der Waals surface area (Å²) >= 11 is 0. The highest BCUT2D eigenvalue weighted by Gasteiger charge is 2.48. The molecule has 0 aliphatic carbocycles. The Morgan fingerprint density at radius 2 is 2.00 bits per heavy atom. The van der Waals surface area contributed by atoms with Crippen LogP contribution in [0.5, 0.6) is 0 Å². The van der Waals surface area contributed by atoms with Gasteiger partial charge in [-0.15, -0.1) is 0 Å². The number of benzene rings is 1. The fraction of sp³-hybridized carbons (Fsp3) is 0.500. The summed E-state index contributed by atoms with van der Waals surface area (Å²) in [6.07, 6.45) is -0.646. The zero-order valence-electron chi connectivity index (χ0n) is 13.3. The van der Waals surface area contributed by atoms with Crippen LogP contribution in [0.15, 0.2) is 32.3 Å². The van der Waals surface area contributed by atoms with E-state index in [0.29, 0.717) is 5.52 Å². The summed E-state index contributed by atoms with van der Waals surface area (Å²) in [4.78, 5) is 11.5. The lowest BCUT2D eigenvalue weighted by atomic mass is 10.2. The van der Waals surface area contributed by atoms with E-state index in [1.165, 1.54) is 34.1 Å². The van der Waals surface area contributed by atoms with Crippen molar-refractivity contribution in [3.05, 3.63) is 28.7 Å². The Morgan fingerprint density at radius 3 is 2.76 bits per heavy atom. The van der Waals surface area contributed by atoms with Gasteiger partial charge in [0, 0.05) is 19.7 Å². The maximum absolute atomic E-state index is 13.0. The third-order valence-corrected chi connectivity index (χ3v) is 8.26. The van der Waals surface area contributed by atoms with Gasteiger partial charge in [0.2, 0.25) is 10.0 Å². The van der Waals surface area contributed by atoms with Gasteiger partial charge in [0.1, 0.15) is 0 Å². The number of fused-ring (bicyclic) bond motifs is 2. The van der Waals surface area contributed by atoms with Crippen molar-refractivity contribution < 1.29 is 26.0 Å². The van der Waals surface area contributed by atoms with E-state index in [-0.39, 0.29) is 35.1 Å². The third-order valence-electron chi connectivity index (χ3n) is 4.66. The topological polar surface area (TPSA) is 116 Å². The molecule has 9 nitrogen and oxygen atoms in total. The minimum absolute atomic E-state index is 0.0423. The molecule has 3 heterocycles. The maximum Gasteiger partial charge on any atom is 0.419 e. The van der Waals surface area contributed by atoms with Crippen LogP contribution in [0.3, 0.4) is 0 Å². The molecule has 0 amide bonds. The molecule has 25 heavy (non-hydrogen) atoms. The van der Waals surface area contributed by atoms with Crippen LogP contribution in [-0.2, 0) is 31.6 Å². The number of oxazole rings is 1. The standard InChI is InChI=1S/C14H16N2O7S2/c1-15-10-3-2-9(6-12(10)23-14(15)17)25(20,21)16-4-5-22-13-8-24(18,19)7-11(13)16/h2-3,6,11,13H,4-5,7-8H2,1H3. The van der Waals surface area contributed by atoms with Gasteiger partial charge in [0.25, 0.3) is 0 Å². The average molecular weight is 388 g/mol. The predicted octanol–water partition coefficient (Wildman–Crippen LogP) is -0.682. The second-order valence-corrected chi connectivity index (χ2v) is 10.3. The predicted molar refractivity (Wildman–Crippen MR) is 87.5 cm³/mol. The van der Waals surface area contributed by atoms with Crippen LogP contribution in [-0.4, -0.2) is 62.5 Å². The van der Waals surface area contributed by atoms with Crippen molar-refractivity contribution in [2.24, 2.45) is 7.05 Å². The minimum atomic E-state index is -3.94. The van der Waals surface area contributed by atoms with Gasteiger partial charge in [-0.25, -0.2) is 21.6 Å². The lowest BCUT2D eigenvalue weighted by molar-refractivity contribution is -0.0141. The monoisotopic (exact) mass is 388 g/mol. The van der Waals surface area contributed by atoms with Crippen molar-refractivity contribution in [3.8, 4) is 0 Å². The number of morpholine rings is 1. The maximum atomic E-state index is 13.0. The molecule has 2 aliphatic rings. The van der Waals surface area contributed by atoms with E-state index in [1.54, 1.807) is 0 Å². The van der Waals surface area contributed by atoms with Crippen LogP contribution < -0.4 is 5.76 Å². The van der Waals surface area contributed by atoms with Crippen molar-refractivity contribution >= 4 is 31.0 Å². The van der Waals surface area contributed by atoms with Gasteiger partial charge in [0.05, 0.1) is 40.7 Å². The number of aromatic nitrogens is 1. The van der Waals surface area contributed by atoms with E-state index in [2.05, 4.69) is 0 Å². The Labute approximate surface area is 143 Å². The van der Waals surface area contributed by atoms with E-state index in [4.69, 9.17) is 9.15 Å². The quantitative estimate of drug-likeness (QED) is 0.669. The van der Waals surface area contributed by atoms with Gasteiger partial charge in [-0.3, -0.25) is 4.57 Å². The SMILES string of the molecule is Cn1c(=O)oc2cc(S(=O)(=O)N3CCOC4CS(=O)(=O)CC43)ccc21. The molecule has 1 aromatic carbocycles. The number of ether oxygens (including phenoxy) is 1. The molecule has 0 saturated carbocycles. The fourth-order valence-corrected chi connectivity index (χ4v) is 7.01. The van der Waals surface area contributed by atoms with Crippen LogP contribution in [0.25, 0.3) is 11.1 Å². The van der Waals surface area contributed by atoms with E-state index in [1.807, 2.05) is 0 Å². The van der Waals surface area contributed by atoms with E-state index in [9.17, 15) is 21.6 Å². The Hall–Kier alpha value is -1.69. The van der Waals surface area contributed by atoms with Gasteiger partial charge >= 0.3 is 5.76 Å². The van der Waals surface area contributed by atoms with Crippen LogP contribution in [0, 0.1) is 0 Å². The van der Waals surface area contributed by atoms with Crippen LogP contribution in [0.1, 0.15) is 0 Å². The summed E-state index contributed by atoms with van der Waals surface area (Å²) in [7, 11) is -5.75. The molecule has 11 heteroatoms. The second-order valence-electron chi connectivity index (χ2n) is 6.23. The van der Waals surface area contributed by atoms with Gasteiger partial charge in [0.15, 0.2) is 15.4 Å². The lowest BCUT2D eigenvalue weighted by Gasteiger charge is -2.35. The molecule has 0 spiro atoms. The van der Waals surface area contributed by atoms with E-state index >= 15 is 0 Å². The normalized spacial score (nSPS) is 26.8.